The molecule has 2 fully saturated rings. The molecule has 0 aliphatic heterocycles. The molecule has 190 valence electrons. The van der Waals surface area contributed by atoms with Crippen molar-refractivity contribution in [1.82, 2.24) is 0 Å². The van der Waals surface area contributed by atoms with Crippen molar-refractivity contribution in [3.05, 3.63) is 23.8 Å². The molecule has 4 aliphatic carbocycles. The molecule has 0 aromatic heterocycles. The maximum Gasteiger partial charge on any atom is 0.171 e. The van der Waals surface area contributed by atoms with Gasteiger partial charge in [-0.3, -0.25) is 9.59 Å². The SMILES string of the molecule is C[C@H](C(O[SiH](C)C)C(=O)CC(C)(C)C)[C@H]1CC[C@H]2[C@@H]3C=CC4=CC(=O)CC[C@]4(C)[C@H]3CC[C@]12C. The Morgan fingerprint density at radius 1 is 1.15 bits per heavy atom. The van der Waals surface area contributed by atoms with Crippen molar-refractivity contribution in [2.75, 3.05) is 0 Å². The number of Topliss-reactive ketones (excluding diaryl/α,β-unsaturated/α-hetero) is 1. The summed E-state index contributed by atoms with van der Waals surface area (Å²) in [5.74, 6) is 3.31. The predicted octanol–water partition coefficient (Wildman–Crippen LogP) is 6.92. The smallest absolute Gasteiger partial charge is 0.171 e. The first-order chi connectivity index (χ1) is 15.8. The van der Waals surface area contributed by atoms with Crippen LogP contribution in [0.3, 0.4) is 0 Å². The minimum atomic E-state index is -1.33. The summed E-state index contributed by atoms with van der Waals surface area (Å²) < 4.78 is 6.50. The molecule has 0 aromatic carbocycles. The first-order valence-corrected chi connectivity index (χ1v) is 16.7. The zero-order valence-corrected chi connectivity index (χ0v) is 24.1. The summed E-state index contributed by atoms with van der Waals surface area (Å²) in [5, 5.41) is 0. The highest BCUT2D eigenvalue weighted by atomic mass is 28.3. The van der Waals surface area contributed by atoms with Crippen LogP contribution in [0.5, 0.6) is 0 Å². The van der Waals surface area contributed by atoms with Crippen LogP contribution in [-0.4, -0.2) is 26.7 Å². The topological polar surface area (TPSA) is 43.4 Å². The summed E-state index contributed by atoms with van der Waals surface area (Å²) in [6.07, 6.45) is 13.7. The van der Waals surface area contributed by atoms with Gasteiger partial charge in [-0.15, -0.1) is 0 Å². The molecule has 0 radical (unpaired) electrons. The quantitative estimate of drug-likeness (QED) is 0.384. The molecule has 4 heteroatoms. The lowest BCUT2D eigenvalue weighted by Crippen LogP contribution is -2.51. The molecule has 0 spiro atoms. The van der Waals surface area contributed by atoms with Gasteiger partial charge in [-0.05, 0) is 103 Å². The lowest BCUT2D eigenvalue weighted by atomic mass is 9.48. The van der Waals surface area contributed by atoms with Crippen molar-refractivity contribution in [1.29, 1.82) is 0 Å². The second-order valence-corrected chi connectivity index (χ2v) is 16.4. The fourth-order valence-corrected chi connectivity index (χ4v) is 9.51. The zero-order chi connectivity index (χ0) is 25.1. The second-order valence-electron chi connectivity index (χ2n) is 14.0. The first-order valence-electron chi connectivity index (χ1n) is 13.9. The lowest BCUT2D eigenvalue weighted by molar-refractivity contribution is -0.132. The summed E-state index contributed by atoms with van der Waals surface area (Å²) in [4.78, 5) is 25.6. The number of ketones is 2. The molecule has 0 bridgehead atoms. The van der Waals surface area contributed by atoms with Gasteiger partial charge < -0.3 is 4.43 Å². The summed E-state index contributed by atoms with van der Waals surface area (Å²) in [6.45, 7) is 18.1. The molecule has 0 saturated heterocycles. The van der Waals surface area contributed by atoms with Crippen LogP contribution < -0.4 is 0 Å². The molecule has 4 aliphatic rings. The number of rotatable bonds is 6. The molecule has 0 heterocycles. The van der Waals surface area contributed by atoms with E-state index < -0.39 is 9.04 Å². The summed E-state index contributed by atoms with van der Waals surface area (Å²) in [6, 6.07) is 0. The molecule has 34 heavy (non-hydrogen) atoms. The highest BCUT2D eigenvalue weighted by Gasteiger charge is 2.59. The Balaban J connectivity index is 1.59. The highest BCUT2D eigenvalue weighted by Crippen LogP contribution is 2.66. The van der Waals surface area contributed by atoms with Crippen molar-refractivity contribution in [2.24, 2.45) is 45.8 Å². The van der Waals surface area contributed by atoms with Gasteiger partial charge in [0.25, 0.3) is 0 Å². The van der Waals surface area contributed by atoms with E-state index in [4.69, 9.17) is 4.43 Å². The molecule has 0 amide bonds. The predicted molar refractivity (Wildman–Crippen MR) is 142 cm³/mol. The molecule has 0 N–H and O–H groups in total. The van der Waals surface area contributed by atoms with Gasteiger partial charge in [0.2, 0.25) is 0 Å². The van der Waals surface area contributed by atoms with Crippen molar-refractivity contribution in [3.8, 4) is 0 Å². The van der Waals surface area contributed by atoms with E-state index in [1.807, 2.05) is 6.08 Å². The number of allylic oxidation sites excluding steroid dienone is 4. The van der Waals surface area contributed by atoms with Crippen LogP contribution in [0, 0.1) is 45.8 Å². The zero-order valence-electron chi connectivity index (χ0n) is 22.9. The first kappa shape index (κ1) is 26.1. The van der Waals surface area contributed by atoms with Crippen LogP contribution in [0.15, 0.2) is 23.8 Å². The number of hydrogen-bond acceptors (Lipinski definition) is 3. The van der Waals surface area contributed by atoms with Gasteiger partial charge in [-0.25, -0.2) is 0 Å². The van der Waals surface area contributed by atoms with Gasteiger partial charge in [0.05, 0.1) is 0 Å². The number of carbonyl (C=O) groups is 2. The van der Waals surface area contributed by atoms with Crippen LogP contribution in [0.2, 0.25) is 13.1 Å². The molecule has 1 unspecified atom stereocenters. The Bertz CT molecular complexity index is 880. The molecule has 2 saturated carbocycles. The van der Waals surface area contributed by atoms with E-state index >= 15 is 0 Å². The highest BCUT2D eigenvalue weighted by molar-refractivity contribution is 6.48. The Morgan fingerprint density at radius 2 is 1.85 bits per heavy atom. The van der Waals surface area contributed by atoms with E-state index in [1.54, 1.807) is 0 Å². The average Bonchev–Trinajstić information content (AvgIpc) is 3.08. The van der Waals surface area contributed by atoms with Gasteiger partial charge in [0.1, 0.15) is 6.10 Å². The minimum absolute atomic E-state index is 0.00787. The van der Waals surface area contributed by atoms with Crippen molar-refractivity contribution in [3.63, 3.8) is 0 Å². The van der Waals surface area contributed by atoms with Crippen LogP contribution in [0.25, 0.3) is 0 Å². The van der Waals surface area contributed by atoms with E-state index in [0.29, 0.717) is 48.1 Å². The monoisotopic (exact) mass is 484 g/mol. The maximum absolute atomic E-state index is 13.5. The van der Waals surface area contributed by atoms with E-state index in [9.17, 15) is 9.59 Å². The van der Waals surface area contributed by atoms with E-state index in [2.05, 4.69) is 66.8 Å². The van der Waals surface area contributed by atoms with Crippen LogP contribution in [0.1, 0.15) is 86.5 Å². The molecule has 8 atom stereocenters. The summed E-state index contributed by atoms with van der Waals surface area (Å²) >= 11 is 0. The lowest BCUT2D eigenvalue weighted by Gasteiger charge is -2.56. The molecular weight excluding hydrogens is 436 g/mol. The van der Waals surface area contributed by atoms with Crippen LogP contribution >= 0.6 is 0 Å². The second kappa shape index (κ2) is 9.14. The van der Waals surface area contributed by atoms with Crippen molar-refractivity contribution in [2.45, 2.75) is 106 Å². The van der Waals surface area contributed by atoms with E-state index in [0.717, 1.165) is 6.42 Å². The fourth-order valence-electron chi connectivity index (χ4n) is 8.52. The summed E-state index contributed by atoms with van der Waals surface area (Å²) in [5.41, 5.74) is 1.68. The van der Waals surface area contributed by atoms with Gasteiger partial charge >= 0.3 is 0 Å². The van der Waals surface area contributed by atoms with Gasteiger partial charge in [-0.1, -0.05) is 53.7 Å². The Morgan fingerprint density at radius 3 is 2.50 bits per heavy atom. The summed E-state index contributed by atoms with van der Waals surface area (Å²) in [7, 11) is -1.33. The fraction of sp³-hybridized carbons (Fsp3) is 0.800. The van der Waals surface area contributed by atoms with Crippen molar-refractivity contribution < 1.29 is 14.0 Å². The largest absolute Gasteiger partial charge is 0.410 e. The van der Waals surface area contributed by atoms with Gasteiger partial charge in [-0.2, -0.15) is 0 Å². The third-order valence-electron chi connectivity index (χ3n) is 10.1. The van der Waals surface area contributed by atoms with E-state index in [-0.39, 0.29) is 28.3 Å². The van der Waals surface area contributed by atoms with E-state index in [1.165, 1.54) is 31.3 Å². The number of carbonyl (C=O) groups excluding carboxylic acids is 2. The van der Waals surface area contributed by atoms with Crippen molar-refractivity contribution >= 4 is 20.6 Å². The Kier molecular flexibility index (Phi) is 7.01. The minimum Gasteiger partial charge on any atom is -0.410 e. The standard InChI is InChI=1S/C30H48O3Si/c1-19(27(33-34(7)8)26(32)18-28(2,3)4)23-11-12-24-22-10-9-20-17-21(31)13-15-29(20,5)25(22)14-16-30(23,24)6/h9-10,17,19,22-25,27,34H,11-16,18H2,1-8H3/t19-,22-,23+,24-,25-,27?,29-,30+/m0/s1. The molecule has 0 aromatic rings. The number of fused-ring (bicyclic) bond motifs is 5. The third-order valence-corrected chi connectivity index (χ3v) is 11.0. The Labute approximate surface area is 209 Å². The van der Waals surface area contributed by atoms with Gasteiger partial charge in [0, 0.05) is 12.8 Å². The Hall–Kier alpha value is -1.00. The maximum atomic E-state index is 13.5. The molecular formula is C30H48O3Si. The average molecular weight is 485 g/mol. The molecule has 4 rings (SSSR count). The number of hydrogen-bond donors (Lipinski definition) is 0. The molecule has 3 nitrogen and oxygen atoms in total. The van der Waals surface area contributed by atoms with Crippen LogP contribution in [-0.2, 0) is 14.0 Å². The van der Waals surface area contributed by atoms with Gasteiger partial charge in [0.15, 0.2) is 20.6 Å². The normalized spacial score (nSPS) is 39.2. The van der Waals surface area contributed by atoms with Crippen LogP contribution in [0.4, 0.5) is 0 Å². The third kappa shape index (κ3) is 4.58.